The summed E-state index contributed by atoms with van der Waals surface area (Å²) in [6, 6.07) is 8.28. The van der Waals surface area contributed by atoms with Gasteiger partial charge in [0, 0.05) is 11.2 Å². The highest BCUT2D eigenvalue weighted by Gasteiger charge is 2.19. The van der Waals surface area contributed by atoms with Gasteiger partial charge in [0.25, 0.3) is 5.91 Å². The summed E-state index contributed by atoms with van der Waals surface area (Å²) >= 11 is 1.24. The minimum atomic E-state index is -0.599. The number of thiophene rings is 1. The molecule has 0 saturated carbocycles. The third kappa shape index (κ3) is 3.09. The van der Waals surface area contributed by atoms with Gasteiger partial charge in [-0.1, -0.05) is 6.07 Å². The van der Waals surface area contributed by atoms with Crippen LogP contribution in [0.4, 0.5) is 4.39 Å². The van der Waals surface area contributed by atoms with Gasteiger partial charge >= 0.3 is 0 Å². The van der Waals surface area contributed by atoms with Gasteiger partial charge in [-0.3, -0.25) is 4.79 Å². The second kappa shape index (κ2) is 4.98. The first-order chi connectivity index (χ1) is 8.91. The molecule has 0 fully saturated rings. The Morgan fingerprint density at radius 3 is 2.89 bits per heavy atom. The maximum atomic E-state index is 13.1. The van der Waals surface area contributed by atoms with Crippen LogP contribution >= 0.6 is 11.3 Å². The molecule has 0 saturated heterocycles. The van der Waals surface area contributed by atoms with Crippen molar-refractivity contribution in [2.45, 2.75) is 13.8 Å². The number of nitrogens with zero attached hydrogens (tertiary/aromatic N) is 1. The van der Waals surface area contributed by atoms with Crippen molar-refractivity contribution in [3.05, 3.63) is 35.0 Å². The SMILES string of the molecule is CC(C)(C#N)CNC(=O)c1cc2ccc(F)cc2s1. The Morgan fingerprint density at radius 2 is 2.21 bits per heavy atom. The Balaban J connectivity index is 2.16. The van der Waals surface area contributed by atoms with E-state index in [1.54, 1.807) is 26.0 Å². The quantitative estimate of drug-likeness (QED) is 0.935. The highest BCUT2D eigenvalue weighted by atomic mass is 32.1. The molecule has 0 bridgehead atoms. The van der Waals surface area contributed by atoms with Crippen LogP contribution in [0.2, 0.25) is 0 Å². The van der Waals surface area contributed by atoms with Crippen molar-refractivity contribution in [1.82, 2.24) is 5.32 Å². The lowest BCUT2D eigenvalue weighted by atomic mass is 9.96. The zero-order chi connectivity index (χ0) is 14.0. The molecule has 98 valence electrons. The van der Waals surface area contributed by atoms with Gasteiger partial charge in [-0.25, -0.2) is 4.39 Å². The van der Waals surface area contributed by atoms with Crippen LogP contribution < -0.4 is 5.32 Å². The van der Waals surface area contributed by atoms with Crippen LogP contribution in [-0.2, 0) is 0 Å². The molecule has 2 rings (SSSR count). The third-order valence-electron chi connectivity index (χ3n) is 2.70. The van der Waals surface area contributed by atoms with Crippen LogP contribution in [0.5, 0.6) is 0 Å². The fraction of sp³-hybridized carbons (Fsp3) is 0.286. The second-order valence-electron chi connectivity index (χ2n) is 4.97. The van der Waals surface area contributed by atoms with E-state index >= 15 is 0 Å². The molecule has 0 aliphatic heterocycles. The van der Waals surface area contributed by atoms with E-state index in [2.05, 4.69) is 11.4 Å². The predicted octanol–water partition coefficient (Wildman–Crippen LogP) is 3.32. The van der Waals surface area contributed by atoms with Gasteiger partial charge in [0.15, 0.2) is 0 Å². The number of carbonyl (C=O) groups excluding carboxylic acids is 1. The first kappa shape index (κ1) is 13.5. The summed E-state index contributed by atoms with van der Waals surface area (Å²) < 4.78 is 13.8. The van der Waals surface area contributed by atoms with Gasteiger partial charge in [0.1, 0.15) is 5.82 Å². The lowest BCUT2D eigenvalue weighted by molar-refractivity contribution is 0.0948. The largest absolute Gasteiger partial charge is 0.350 e. The van der Waals surface area contributed by atoms with Crippen molar-refractivity contribution in [2.24, 2.45) is 5.41 Å². The molecule has 1 aromatic carbocycles. The van der Waals surface area contributed by atoms with E-state index in [1.807, 2.05) is 0 Å². The van der Waals surface area contributed by atoms with Gasteiger partial charge in [0.2, 0.25) is 0 Å². The van der Waals surface area contributed by atoms with E-state index in [4.69, 9.17) is 5.26 Å². The first-order valence-electron chi connectivity index (χ1n) is 5.80. The van der Waals surface area contributed by atoms with Crippen molar-refractivity contribution in [2.75, 3.05) is 6.54 Å². The van der Waals surface area contributed by atoms with Crippen LogP contribution in [0.3, 0.4) is 0 Å². The minimum Gasteiger partial charge on any atom is -0.350 e. The number of nitriles is 1. The zero-order valence-corrected chi connectivity index (χ0v) is 11.5. The van der Waals surface area contributed by atoms with Gasteiger partial charge in [0.05, 0.1) is 16.4 Å². The van der Waals surface area contributed by atoms with E-state index in [1.165, 1.54) is 23.5 Å². The molecule has 0 aliphatic rings. The number of nitrogens with one attached hydrogen (secondary N) is 1. The minimum absolute atomic E-state index is 0.232. The molecule has 0 atom stereocenters. The van der Waals surface area contributed by atoms with E-state index in [0.717, 1.165) is 10.1 Å². The lowest BCUT2D eigenvalue weighted by Gasteiger charge is -2.15. The Hall–Kier alpha value is -1.93. The monoisotopic (exact) mass is 276 g/mol. The molecule has 0 aliphatic carbocycles. The molecule has 2 aromatic rings. The molecule has 5 heteroatoms. The summed E-state index contributed by atoms with van der Waals surface area (Å²) in [6.45, 7) is 3.80. The van der Waals surface area contributed by atoms with E-state index in [9.17, 15) is 9.18 Å². The van der Waals surface area contributed by atoms with Gasteiger partial charge in [-0.05, 0) is 37.4 Å². The van der Waals surface area contributed by atoms with Crippen molar-refractivity contribution in [3.63, 3.8) is 0 Å². The molecule has 1 aromatic heterocycles. The zero-order valence-electron chi connectivity index (χ0n) is 10.7. The van der Waals surface area contributed by atoms with Crippen LogP contribution in [0.1, 0.15) is 23.5 Å². The third-order valence-corrected chi connectivity index (χ3v) is 3.80. The van der Waals surface area contributed by atoms with Crippen LogP contribution in [0.15, 0.2) is 24.3 Å². The number of hydrogen-bond donors (Lipinski definition) is 1. The second-order valence-corrected chi connectivity index (χ2v) is 6.05. The maximum Gasteiger partial charge on any atom is 0.261 e. The number of amides is 1. The maximum absolute atomic E-state index is 13.1. The van der Waals surface area contributed by atoms with Crippen LogP contribution in [-0.4, -0.2) is 12.5 Å². The summed E-state index contributed by atoms with van der Waals surface area (Å²) in [6.07, 6.45) is 0. The number of hydrogen-bond acceptors (Lipinski definition) is 3. The highest BCUT2D eigenvalue weighted by Crippen LogP contribution is 2.26. The summed E-state index contributed by atoms with van der Waals surface area (Å²) in [5.41, 5.74) is -0.599. The summed E-state index contributed by atoms with van der Waals surface area (Å²) in [5.74, 6) is -0.545. The van der Waals surface area contributed by atoms with E-state index in [-0.39, 0.29) is 18.3 Å². The predicted molar refractivity (Wildman–Crippen MR) is 73.5 cm³/mol. The summed E-state index contributed by atoms with van der Waals surface area (Å²) in [5, 5.41) is 12.4. The Bertz CT molecular complexity index is 670. The standard InChI is InChI=1S/C14H13FN2OS/c1-14(2,7-16)8-17-13(18)12-5-9-3-4-10(15)6-11(9)19-12/h3-6H,8H2,1-2H3,(H,17,18). The number of rotatable bonds is 3. The molecule has 1 N–H and O–H groups in total. The highest BCUT2D eigenvalue weighted by molar-refractivity contribution is 7.20. The van der Waals surface area contributed by atoms with Crippen LogP contribution in [0.25, 0.3) is 10.1 Å². The number of benzene rings is 1. The smallest absolute Gasteiger partial charge is 0.261 e. The summed E-state index contributed by atoms with van der Waals surface area (Å²) in [7, 11) is 0. The molecule has 1 heterocycles. The average molecular weight is 276 g/mol. The van der Waals surface area contributed by atoms with E-state index in [0.29, 0.717) is 4.88 Å². The lowest BCUT2D eigenvalue weighted by Crippen LogP contribution is -2.32. The van der Waals surface area contributed by atoms with Crippen molar-refractivity contribution >= 4 is 27.3 Å². The number of carbonyl (C=O) groups is 1. The average Bonchev–Trinajstić information content (AvgIpc) is 2.79. The van der Waals surface area contributed by atoms with Crippen molar-refractivity contribution in [1.29, 1.82) is 5.26 Å². The van der Waals surface area contributed by atoms with Gasteiger partial charge in [-0.2, -0.15) is 5.26 Å². The molecule has 1 amide bonds. The molecule has 0 spiro atoms. The summed E-state index contributed by atoms with van der Waals surface area (Å²) in [4.78, 5) is 12.5. The van der Waals surface area contributed by atoms with Gasteiger partial charge < -0.3 is 5.32 Å². The first-order valence-corrected chi connectivity index (χ1v) is 6.61. The normalized spacial score (nSPS) is 11.3. The molecule has 0 unspecified atom stereocenters. The van der Waals surface area contributed by atoms with Crippen molar-refractivity contribution < 1.29 is 9.18 Å². The van der Waals surface area contributed by atoms with E-state index < -0.39 is 5.41 Å². The Morgan fingerprint density at radius 1 is 1.47 bits per heavy atom. The number of fused-ring (bicyclic) bond motifs is 1. The fourth-order valence-electron chi connectivity index (χ4n) is 1.54. The molecular formula is C14H13FN2OS. The Labute approximate surface area is 114 Å². The number of halogens is 1. The molecule has 19 heavy (non-hydrogen) atoms. The molecule has 0 radical (unpaired) electrons. The molecular weight excluding hydrogens is 263 g/mol. The van der Waals surface area contributed by atoms with Gasteiger partial charge in [-0.15, -0.1) is 11.3 Å². The fourth-order valence-corrected chi connectivity index (χ4v) is 2.55. The van der Waals surface area contributed by atoms with Crippen molar-refractivity contribution in [3.8, 4) is 6.07 Å². The molecule has 3 nitrogen and oxygen atoms in total. The van der Waals surface area contributed by atoms with Crippen LogP contribution in [0, 0.1) is 22.6 Å². The Kier molecular flexibility index (Phi) is 3.54. The topological polar surface area (TPSA) is 52.9 Å².